The highest BCUT2D eigenvalue weighted by Gasteiger charge is 2.05. The van der Waals surface area contributed by atoms with Gasteiger partial charge in [-0.3, -0.25) is 4.79 Å². The zero-order valence-corrected chi connectivity index (χ0v) is 13.8. The third-order valence-electron chi connectivity index (χ3n) is 3.58. The number of hydrogen-bond acceptors (Lipinski definition) is 5. The summed E-state index contributed by atoms with van der Waals surface area (Å²) < 4.78 is 11.2. The van der Waals surface area contributed by atoms with E-state index in [0.717, 1.165) is 0 Å². The number of hydrogen-bond donors (Lipinski definition) is 1. The molecule has 3 rings (SSSR count). The lowest BCUT2D eigenvalue weighted by atomic mass is 10.1. The van der Waals surface area contributed by atoms with Crippen molar-refractivity contribution in [2.24, 2.45) is 0 Å². The molecule has 0 saturated heterocycles. The van der Waals surface area contributed by atoms with E-state index in [0.29, 0.717) is 28.4 Å². The fourth-order valence-electron chi connectivity index (χ4n) is 2.26. The summed E-state index contributed by atoms with van der Waals surface area (Å²) in [6, 6.07) is 18.5. The van der Waals surface area contributed by atoms with Gasteiger partial charge in [0.25, 0.3) is 0 Å². The molecule has 0 atom stereocenters. The van der Waals surface area contributed by atoms with Crippen LogP contribution < -0.4 is 4.74 Å². The van der Waals surface area contributed by atoms with Crippen molar-refractivity contribution in [3.05, 3.63) is 89.4 Å². The highest BCUT2D eigenvalue weighted by Crippen LogP contribution is 2.17. The molecule has 0 radical (unpaired) electrons. The first-order valence-electron chi connectivity index (χ1n) is 7.87. The predicted molar refractivity (Wildman–Crippen MR) is 95.7 cm³/mol. The number of ether oxygens (including phenoxy) is 1. The van der Waals surface area contributed by atoms with Crippen LogP contribution in [-0.2, 0) is 6.61 Å². The first kappa shape index (κ1) is 17.1. The van der Waals surface area contributed by atoms with Crippen molar-refractivity contribution in [2.45, 2.75) is 6.61 Å². The standard InChI is InChI=1S/C21H15NO4/c22-13-15-4-6-18(7-5-15)25-14-20-9-8-19(26-20)10-11-21(24)16-2-1-3-17(23)12-16/h1-12,23H,14H2/b11-10+. The van der Waals surface area contributed by atoms with Gasteiger partial charge in [0.05, 0.1) is 11.6 Å². The number of phenolic OH excluding ortho intramolecular Hbond substituents is 1. The van der Waals surface area contributed by atoms with E-state index in [9.17, 15) is 9.90 Å². The number of allylic oxidation sites excluding steroid dienone is 1. The van der Waals surface area contributed by atoms with Crippen molar-refractivity contribution in [1.29, 1.82) is 5.26 Å². The van der Waals surface area contributed by atoms with Gasteiger partial charge in [0, 0.05) is 5.56 Å². The van der Waals surface area contributed by atoms with Gasteiger partial charge in [-0.1, -0.05) is 12.1 Å². The number of phenols is 1. The van der Waals surface area contributed by atoms with Crippen LogP contribution in [0.15, 0.2) is 71.2 Å². The summed E-state index contributed by atoms with van der Waals surface area (Å²) in [6.07, 6.45) is 2.95. The molecule has 0 aliphatic heterocycles. The molecule has 1 aromatic heterocycles. The van der Waals surface area contributed by atoms with Crippen LogP contribution in [0, 0.1) is 11.3 Å². The topological polar surface area (TPSA) is 83.5 Å². The minimum absolute atomic E-state index is 0.0458. The fourth-order valence-corrected chi connectivity index (χ4v) is 2.26. The number of carbonyl (C=O) groups excluding carboxylic acids is 1. The third-order valence-corrected chi connectivity index (χ3v) is 3.58. The first-order valence-corrected chi connectivity index (χ1v) is 7.87. The van der Waals surface area contributed by atoms with Crippen molar-refractivity contribution in [3.8, 4) is 17.6 Å². The van der Waals surface area contributed by atoms with Gasteiger partial charge in [-0.2, -0.15) is 5.26 Å². The number of rotatable bonds is 6. The Morgan fingerprint density at radius 1 is 1.15 bits per heavy atom. The molecule has 3 aromatic rings. The average Bonchev–Trinajstić information content (AvgIpc) is 3.13. The minimum Gasteiger partial charge on any atom is -0.508 e. The molecular formula is C21H15NO4. The molecule has 0 aliphatic carbocycles. The van der Waals surface area contributed by atoms with Gasteiger partial charge < -0.3 is 14.3 Å². The molecule has 0 unspecified atom stereocenters. The molecule has 26 heavy (non-hydrogen) atoms. The summed E-state index contributed by atoms with van der Waals surface area (Å²) in [6.45, 7) is 0.236. The molecule has 128 valence electrons. The highest BCUT2D eigenvalue weighted by molar-refractivity contribution is 6.06. The largest absolute Gasteiger partial charge is 0.508 e. The molecular weight excluding hydrogens is 330 g/mol. The summed E-state index contributed by atoms with van der Waals surface area (Å²) in [4.78, 5) is 12.1. The second-order valence-electron chi connectivity index (χ2n) is 5.48. The van der Waals surface area contributed by atoms with Gasteiger partial charge in [0.2, 0.25) is 0 Å². The fraction of sp³-hybridized carbons (Fsp3) is 0.0476. The predicted octanol–water partition coefficient (Wildman–Crippen LogP) is 4.33. The highest BCUT2D eigenvalue weighted by atomic mass is 16.5. The molecule has 5 heteroatoms. The van der Waals surface area contributed by atoms with Crippen molar-refractivity contribution in [1.82, 2.24) is 0 Å². The van der Waals surface area contributed by atoms with Gasteiger partial charge in [-0.05, 0) is 60.7 Å². The maximum atomic E-state index is 12.1. The zero-order valence-electron chi connectivity index (χ0n) is 13.8. The quantitative estimate of drug-likeness (QED) is 0.531. The van der Waals surface area contributed by atoms with Crippen molar-refractivity contribution in [3.63, 3.8) is 0 Å². The van der Waals surface area contributed by atoms with Gasteiger partial charge in [0.1, 0.15) is 29.6 Å². The van der Waals surface area contributed by atoms with Crippen LogP contribution in [-0.4, -0.2) is 10.9 Å². The van der Waals surface area contributed by atoms with E-state index in [1.54, 1.807) is 54.6 Å². The third kappa shape index (κ3) is 4.40. The van der Waals surface area contributed by atoms with Crippen molar-refractivity contribution >= 4 is 11.9 Å². The number of benzene rings is 2. The van der Waals surface area contributed by atoms with E-state index < -0.39 is 0 Å². The van der Waals surface area contributed by atoms with E-state index >= 15 is 0 Å². The lowest BCUT2D eigenvalue weighted by molar-refractivity contribution is 0.104. The molecule has 1 heterocycles. The van der Waals surface area contributed by atoms with Crippen LogP contribution >= 0.6 is 0 Å². The zero-order chi connectivity index (χ0) is 18.4. The Labute approximate surface area is 150 Å². The number of nitriles is 1. The van der Waals surface area contributed by atoms with Crippen LogP contribution in [0.3, 0.4) is 0 Å². The number of carbonyl (C=O) groups is 1. The Hall–Kier alpha value is -3.78. The summed E-state index contributed by atoms with van der Waals surface area (Å²) in [5.41, 5.74) is 0.969. The number of nitrogens with zero attached hydrogens (tertiary/aromatic N) is 1. The Morgan fingerprint density at radius 3 is 2.69 bits per heavy atom. The summed E-state index contributed by atoms with van der Waals surface area (Å²) in [5, 5.41) is 18.2. The summed E-state index contributed by atoms with van der Waals surface area (Å²) in [7, 11) is 0. The average molecular weight is 345 g/mol. The molecule has 0 spiro atoms. The van der Waals surface area contributed by atoms with Crippen LogP contribution in [0.4, 0.5) is 0 Å². The smallest absolute Gasteiger partial charge is 0.186 e. The van der Waals surface area contributed by atoms with Crippen LogP contribution in [0.25, 0.3) is 6.08 Å². The van der Waals surface area contributed by atoms with E-state index in [2.05, 4.69) is 0 Å². The van der Waals surface area contributed by atoms with Gasteiger partial charge >= 0.3 is 0 Å². The van der Waals surface area contributed by atoms with Crippen LogP contribution in [0.2, 0.25) is 0 Å². The Kier molecular flexibility index (Phi) is 5.16. The maximum Gasteiger partial charge on any atom is 0.186 e. The van der Waals surface area contributed by atoms with Crippen LogP contribution in [0.1, 0.15) is 27.4 Å². The summed E-state index contributed by atoms with van der Waals surface area (Å²) >= 11 is 0. The number of aromatic hydroxyl groups is 1. The second kappa shape index (κ2) is 7.86. The molecule has 0 amide bonds. The first-order chi connectivity index (χ1) is 12.6. The molecule has 2 aromatic carbocycles. The number of ketones is 1. The van der Waals surface area contributed by atoms with E-state index in [1.165, 1.54) is 18.2 Å². The normalized spacial score (nSPS) is 10.6. The monoisotopic (exact) mass is 345 g/mol. The maximum absolute atomic E-state index is 12.1. The molecule has 0 fully saturated rings. The molecule has 0 saturated carbocycles. The van der Waals surface area contributed by atoms with E-state index in [-0.39, 0.29) is 18.1 Å². The SMILES string of the molecule is N#Cc1ccc(OCc2ccc(/C=C/C(=O)c3cccc(O)c3)o2)cc1. The van der Waals surface area contributed by atoms with Crippen molar-refractivity contribution in [2.75, 3.05) is 0 Å². The molecule has 0 bridgehead atoms. The molecule has 0 aliphatic rings. The van der Waals surface area contributed by atoms with Crippen molar-refractivity contribution < 1.29 is 19.1 Å². The molecule has 5 nitrogen and oxygen atoms in total. The Morgan fingerprint density at radius 2 is 1.96 bits per heavy atom. The Bertz CT molecular complexity index is 978. The summed E-state index contributed by atoms with van der Waals surface area (Å²) in [5.74, 6) is 1.59. The minimum atomic E-state index is -0.229. The van der Waals surface area contributed by atoms with E-state index in [1.807, 2.05) is 6.07 Å². The number of furan rings is 1. The van der Waals surface area contributed by atoms with Gasteiger partial charge in [0.15, 0.2) is 5.78 Å². The second-order valence-corrected chi connectivity index (χ2v) is 5.48. The van der Waals surface area contributed by atoms with E-state index in [4.69, 9.17) is 14.4 Å². The van der Waals surface area contributed by atoms with Gasteiger partial charge in [-0.25, -0.2) is 0 Å². The Balaban J connectivity index is 1.58. The lowest BCUT2D eigenvalue weighted by Crippen LogP contribution is -1.93. The lowest BCUT2D eigenvalue weighted by Gasteiger charge is -2.03. The molecule has 1 N–H and O–H groups in total. The van der Waals surface area contributed by atoms with Crippen LogP contribution in [0.5, 0.6) is 11.5 Å². The van der Waals surface area contributed by atoms with Gasteiger partial charge in [-0.15, -0.1) is 0 Å².